The van der Waals surface area contributed by atoms with Gasteiger partial charge in [-0.3, -0.25) is 0 Å². The van der Waals surface area contributed by atoms with E-state index in [-0.39, 0.29) is 6.16 Å². The van der Waals surface area contributed by atoms with Gasteiger partial charge in [-0.05, 0) is 31.2 Å². The van der Waals surface area contributed by atoms with E-state index in [9.17, 15) is 9.67 Å². The number of hydrogen-bond donors (Lipinski definition) is 1. The summed E-state index contributed by atoms with van der Waals surface area (Å²) in [7, 11) is -3.05. The molecule has 3 aromatic rings. The van der Waals surface area contributed by atoms with E-state index in [1.54, 1.807) is 31.2 Å². The molecule has 27 heavy (non-hydrogen) atoms. The fourth-order valence-electron chi connectivity index (χ4n) is 2.88. The molecule has 2 nitrogen and oxygen atoms in total. The lowest BCUT2D eigenvalue weighted by Gasteiger charge is -2.26. The van der Waals surface area contributed by atoms with Gasteiger partial charge in [0.2, 0.25) is 0 Å². The molecule has 0 aliphatic carbocycles. The van der Waals surface area contributed by atoms with Gasteiger partial charge in [-0.1, -0.05) is 84.1 Å². The Morgan fingerprint density at radius 1 is 0.889 bits per heavy atom. The third kappa shape index (κ3) is 4.90. The first-order valence-electron chi connectivity index (χ1n) is 8.60. The van der Waals surface area contributed by atoms with Crippen LogP contribution in [0.3, 0.4) is 0 Å². The minimum absolute atomic E-state index is 0.0363. The summed E-state index contributed by atoms with van der Waals surface area (Å²) < 4.78 is 14.0. The highest BCUT2D eigenvalue weighted by atomic mass is 35.5. The zero-order chi connectivity index (χ0) is 19.3. The smallest absolute Gasteiger partial charge is 0.147 e. The molecule has 3 rings (SSSR count). The van der Waals surface area contributed by atoms with E-state index in [1.165, 1.54) is 0 Å². The van der Waals surface area contributed by atoms with Crippen molar-refractivity contribution >= 4 is 29.4 Å². The normalized spacial score (nSPS) is 13.3. The molecule has 0 bridgehead atoms. The van der Waals surface area contributed by atoms with Crippen LogP contribution in [0.4, 0.5) is 0 Å². The Labute approximate surface area is 165 Å². The van der Waals surface area contributed by atoms with Crippen molar-refractivity contribution < 1.29 is 9.67 Å². The van der Waals surface area contributed by atoms with E-state index < -0.39 is 12.7 Å². The maximum atomic E-state index is 14.0. The zero-order valence-corrected chi connectivity index (χ0v) is 16.6. The summed E-state index contributed by atoms with van der Waals surface area (Å²) in [5.41, 5.74) is -0.671. The van der Waals surface area contributed by atoms with Crippen LogP contribution < -0.4 is 10.6 Å². The molecule has 0 spiro atoms. The second kappa shape index (κ2) is 8.15. The molecular weight excluding hydrogens is 375 g/mol. The largest absolute Gasteiger partial charge is 0.377 e. The fraction of sp³-hybridized carbons (Fsp3) is 0.130. The van der Waals surface area contributed by atoms with E-state index in [1.807, 2.05) is 60.7 Å². The van der Waals surface area contributed by atoms with Crippen LogP contribution in [0, 0.1) is 11.8 Å². The van der Waals surface area contributed by atoms with Crippen molar-refractivity contribution in [3.05, 3.63) is 95.5 Å². The summed E-state index contributed by atoms with van der Waals surface area (Å²) in [6.07, 6.45) is 0.0363. The topological polar surface area (TPSA) is 37.3 Å². The molecule has 0 saturated carbocycles. The molecule has 0 radical (unpaired) electrons. The minimum atomic E-state index is -3.05. The van der Waals surface area contributed by atoms with Gasteiger partial charge in [0.1, 0.15) is 12.7 Å². The standard InChI is InChI=1S/C23H20ClO2P/c1-23(25,17-16-19-12-14-20(24)15-13-19)18-27(26,21-8-4-2-5-9-21)22-10-6-3-7-11-22/h2-15,25H,18H2,1H3/t23-/m0/s1. The Morgan fingerprint density at radius 2 is 1.37 bits per heavy atom. The predicted molar refractivity (Wildman–Crippen MR) is 114 cm³/mol. The number of rotatable bonds is 4. The Balaban J connectivity index is 1.97. The van der Waals surface area contributed by atoms with E-state index in [0.29, 0.717) is 15.6 Å². The third-order valence-electron chi connectivity index (χ3n) is 4.20. The van der Waals surface area contributed by atoms with Gasteiger partial charge >= 0.3 is 0 Å². The lowest BCUT2D eigenvalue weighted by atomic mass is 10.1. The van der Waals surface area contributed by atoms with Gasteiger partial charge in [-0.25, -0.2) is 0 Å². The predicted octanol–water partition coefficient (Wildman–Crippen LogP) is 4.46. The van der Waals surface area contributed by atoms with Gasteiger partial charge in [0, 0.05) is 27.4 Å². The quantitative estimate of drug-likeness (QED) is 0.524. The van der Waals surface area contributed by atoms with Crippen molar-refractivity contribution in [2.75, 3.05) is 6.16 Å². The average molecular weight is 395 g/mol. The highest BCUT2D eigenvalue weighted by Crippen LogP contribution is 2.45. The lowest BCUT2D eigenvalue weighted by molar-refractivity contribution is 0.146. The Morgan fingerprint density at radius 3 is 1.85 bits per heavy atom. The maximum Gasteiger partial charge on any atom is 0.147 e. The summed E-state index contributed by atoms with van der Waals surface area (Å²) in [4.78, 5) is 0. The molecule has 0 saturated heterocycles. The summed E-state index contributed by atoms with van der Waals surface area (Å²) in [6, 6.07) is 25.7. The second-order valence-corrected chi connectivity index (χ2v) is 9.86. The molecule has 0 aliphatic rings. The molecule has 4 heteroatoms. The van der Waals surface area contributed by atoms with Crippen LogP contribution in [0.5, 0.6) is 0 Å². The SMILES string of the molecule is C[C@](O)(C#Cc1ccc(Cl)cc1)CP(=O)(c1ccccc1)c1ccccc1. The molecule has 0 fully saturated rings. The number of halogens is 1. The molecule has 0 amide bonds. The van der Waals surface area contributed by atoms with E-state index in [4.69, 9.17) is 11.6 Å². The van der Waals surface area contributed by atoms with Crippen LogP contribution in [0.2, 0.25) is 5.02 Å². The van der Waals surface area contributed by atoms with E-state index in [2.05, 4.69) is 11.8 Å². The maximum absolute atomic E-state index is 14.0. The molecule has 136 valence electrons. The van der Waals surface area contributed by atoms with Gasteiger partial charge in [-0.15, -0.1) is 0 Å². The summed E-state index contributed by atoms with van der Waals surface area (Å²) in [5, 5.41) is 13.0. The number of aliphatic hydroxyl groups is 1. The molecule has 1 N–H and O–H groups in total. The van der Waals surface area contributed by atoms with Crippen LogP contribution in [0.15, 0.2) is 84.9 Å². The van der Waals surface area contributed by atoms with Crippen molar-refractivity contribution in [2.45, 2.75) is 12.5 Å². The van der Waals surface area contributed by atoms with Crippen molar-refractivity contribution in [2.24, 2.45) is 0 Å². The summed E-state index contributed by atoms with van der Waals surface area (Å²) >= 11 is 5.89. The Bertz CT molecular complexity index is 957. The zero-order valence-electron chi connectivity index (χ0n) is 15.0. The van der Waals surface area contributed by atoms with Crippen LogP contribution in [0.1, 0.15) is 12.5 Å². The Hall–Kier alpha value is -2.30. The van der Waals surface area contributed by atoms with Crippen molar-refractivity contribution in [3.8, 4) is 11.8 Å². The van der Waals surface area contributed by atoms with Crippen LogP contribution >= 0.6 is 18.7 Å². The highest BCUT2D eigenvalue weighted by molar-refractivity contribution is 7.78. The van der Waals surface area contributed by atoms with Crippen LogP contribution in [0.25, 0.3) is 0 Å². The van der Waals surface area contributed by atoms with Gasteiger partial charge in [0.15, 0.2) is 0 Å². The Kier molecular flexibility index (Phi) is 5.88. The first-order chi connectivity index (χ1) is 12.9. The second-order valence-electron chi connectivity index (χ2n) is 6.60. The summed E-state index contributed by atoms with van der Waals surface area (Å²) in [6.45, 7) is 1.61. The first kappa shape index (κ1) is 19.5. The third-order valence-corrected chi connectivity index (χ3v) is 7.78. The van der Waals surface area contributed by atoms with E-state index >= 15 is 0 Å². The van der Waals surface area contributed by atoms with Crippen LogP contribution in [-0.4, -0.2) is 16.9 Å². The summed E-state index contributed by atoms with van der Waals surface area (Å²) in [5.74, 6) is 5.84. The lowest BCUT2D eigenvalue weighted by Crippen LogP contribution is -2.33. The van der Waals surface area contributed by atoms with E-state index in [0.717, 1.165) is 5.56 Å². The molecule has 3 aromatic carbocycles. The van der Waals surface area contributed by atoms with Crippen molar-refractivity contribution in [1.29, 1.82) is 0 Å². The van der Waals surface area contributed by atoms with Gasteiger partial charge < -0.3 is 9.67 Å². The average Bonchev–Trinajstić information content (AvgIpc) is 2.68. The van der Waals surface area contributed by atoms with Crippen molar-refractivity contribution in [1.82, 2.24) is 0 Å². The van der Waals surface area contributed by atoms with Gasteiger partial charge in [-0.2, -0.15) is 0 Å². The minimum Gasteiger partial charge on any atom is -0.377 e. The number of hydrogen-bond acceptors (Lipinski definition) is 2. The number of benzene rings is 3. The first-order valence-corrected chi connectivity index (χ1v) is 10.9. The van der Waals surface area contributed by atoms with Gasteiger partial charge in [0.25, 0.3) is 0 Å². The molecule has 0 aromatic heterocycles. The fourth-order valence-corrected chi connectivity index (χ4v) is 5.93. The highest BCUT2D eigenvalue weighted by Gasteiger charge is 2.35. The van der Waals surface area contributed by atoms with Crippen LogP contribution in [-0.2, 0) is 4.57 Å². The molecule has 0 aliphatic heterocycles. The molecular formula is C23H20ClO2P. The molecule has 0 unspecified atom stereocenters. The van der Waals surface area contributed by atoms with Gasteiger partial charge in [0.05, 0.1) is 0 Å². The molecule has 0 heterocycles. The monoisotopic (exact) mass is 394 g/mol. The molecule has 1 atom stereocenters. The van der Waals surface area contributed by atoms with Crippen molar-refractivity contribution in [3.63, 3.8) is 0 Å².